The van der Waals surface area contributed by atoms with Crippen molar-refractivity contribution in [3.05, 3.63) is 82.4 Å². The molecular formula is C22H14ClN5O2S. The van der Waals surface area contributed by atoms with Crippen molar-refractivity contribution < 1.29 is 4.74 Å². The van der Waals surface area contributed by atoms with Crippen LogP contribution in [0.25, 0.3) is 38.0 Å². The van der Waals surface area contributed by atoms with Gasteiger partial charge in [0.2, 0.25) is 0 Å². The number of halogens is 1. The zero-order chi connectivity index (χ0) is 21.4. The van der Waals surface area contributed by atoms with E-state index in [4.69, 9.17) is 21.3 Å². The lowest BCUT2D eigenvalue weighted by Gasteiger charge is -2.12. The molecule has 0 atom stereocenters. The average Bonchev–Trinajstić information content (AvgIpc) is 3.25. The van der Waals surface area contributed by atoms with Gasteiger partial charge in [-0.05, 0) is 24.3 Å². The molecule has 0 unspecified atom stereocenters. The normalized spacial score (nSPS) is 11.0. The second-order valence-corrected chi connectivity index (χ2v) is 7.98. The van der Waals surface area contributed by atoms with Gasteiger partial charge in [0.25, 0.3) is 5.56 Å². The molecule has 5 aromatic rings. The van der Waals surface area contributed by atoms with Crippen molar-refractivity contribution in [3.63, 3.8) is 0 Å². The predicted octanol–water partition coefficient (Wildman–Crippen LogP) is 4.63. The van der Waals surface area contributed by atoms with E-state index in [1.54, 1.807) is 41.2 Å². The highest BCUT2D eigenvalue weighted by atomic mass is 35.5. The van der Waals surface area contributed by atoms with Gasteiger partial charge in [-0.15, -0.1) is 11.3 Å². The van der Waals surface area contributed by atoms with Crippen molar-refractivity contribution in [3.8, 4) is 33.7 Å². The molecule has 0 aliphatic carbocycles. The molecule has 9 heteroatoms. The lowest BCUT2D eigenvalue weighted by Crippen LogP contribution is -2.21. The summed E-state index contributed by atoms with van der Waals surface area (Å²) in [6.45, 7) is 0. The molecule has 0 radical (unpaired) electrons. The van der Waals surface area contributed by atoms with E-state index in [1.807, 2.05) is 30.3 Å². The van der Waals surface area contributed by atoms with E-state index in [0.29, 0.717) is 37.5 Å². The molecule has 0 fully saturated rings. The second kappa shape index (κ2) is 7.90. The van der Waals surface area contributed by atoms with Crippen molar-refractivity contribution in [2.24, 2.45) is 0 Å². The van der Waals surface area contributed by atoms with Crippen LogP contribution in [0, 0.1) is 0 Å². The fourth-order valence-electron chi connectivity index (χ4n) is 3.14. The first-order chi connectivity index (χ1) is 15.1. The van der Waals surface area contributed by atoms with Gasteiger partial charge in [-0.1, -0.05) is 41.9 Å². The zero-order valence-electron chi connectivity index (χ0n) is 16.2. The van der Waals surface area contributed by atoms with E-state index in [-0.39, 0.29) is 11.6 Å². The van der Waals surface area contributed by atoms with Gasteiger partial charge in [-0.2, -0.15) is 0 Å². The summed E-state index contributed by atoms with van der Waals surface area (Å²) < 4.78 is 7.04. The fraction of sp³-hybridized carbons (Fsp3) is 0.0455. The minimum atomic E-state index is -0.204. The molecule has 0 saturated heterocycles. The zero-order valence-corrected chi connectivity index (χ0v) is 17.8. The van der Waals surface area contributed by atoms with Gasteiger partial charge in [-0.25, -0.2) is 19.9 Å². The van der Waals surface area contributed by atoms with Gasteiger partial charge in [0.05, 0.1) is 12.8 Å². The van der Waals surface area contributed by atoms with Crippen LogP contribution in [0.1, 0.15) is 0 Å². The molecule has 0 aliphatic heterocycles. The molecule has 7 nitrogen and oxygen atoms in total. The number of fused-ring (bicyclic) bond motifs is 1. The smallest absolute Gasteiger partial charge is 0.316 e. The summed E-state index contributed by atoms with van der Waals surface area (Å²) in [4.78, 5) is 31.1. The Morgan fingerprint density at radius 2 is 1.65 bits per heavy atom. The van der Waals surface area contributed by atoms with Crippen molar-refractivity contribution in [2.45, 2.75) is 0 Å². The summed E-state index contributed by atoms with van der Waals surface area (Å²) in [6.07, 6.45) is 3.22. The number of benzene rings is 2. The summed E-state index contributed by atoms with van der Waals surface area (Å²) in [5.74, 6) is 0.503. The van der Waals surface area contributed by atoms with E-state index >= 15 is 0 Å². The minimum absolute atomic E-state index is 0.204. The van der Waals surface area contributed by atoms with E-state index in [2.05, 4.69) is 15.0 Å². The molecule has 0 saturated carbocycles. The third-order valence-corrected chi connectivity index (χ3v) is 5.94. The lowest BCUT2D eigenvalue weighted by molar-refractivity contribution is 0.380. The summed E-state index contributed by atoms with van der Waals surface area (Å²) >= 11 is 7.30. The Balaban J connectivity index is 1.76. The molecular weight excluding hydrogens is 434 g/mol. The molecule has 0 N–H and O–H groups in total. The quantitative estimate of drug-likeness (QED) is 0.399. The number of aromatic nitrogens is 5. The highest BCUT2D eigenvalue weighted by Gasteiger charge is 2.19. The molecule has 0 amide bonds. The molecule has 31 heavy (non-hydrogen) atoms. The molecule has 0 spiro atoms. The first kappa shape index (κ1) is 19.3. The van der Waals surface area contributed by atoms with Crippen LogP contribution in [0.15, 0.2) is 71.8 Å². The van der Waals surface area contributed by atoms with Gasteiger partial charge in [0.15, 0.2) is 5.65 Å². The predicted molar refractivity (Wildman–Crippen MR) is 121 cm³/mol. The first-order valence-electron chi connectivity index (χ1n) is 9.25. The van der Waals surface area contributed by atoms with Gasteiger partial charge in [-0.3, -0.25) is 9.36 Å². The lowest BCUT2D eigenvalue weighted by atomic mass is 10.2. The second-order valence-electron chi connectivity index (χ2n) is 6.55. The minimum Gasteiger partial charge on any atom is -0.467 e. The first-order valence-corrected chi connectivity index (χ1v) is 10.4. The van der Waals surface area contributed by atoms with Crippen LogP contribution in [0.4, 0.5) is 0 Å². The molecule has 5 rings (SSSR count). The summed E-state index contributed by atoms with van der Waals surface area (Å²) in [7, 11) is 1.50. The number of nitrogens with zero attached hydrogens (tertiary/aromatic N) is 5. The van der Waals surface area contributed by atoms with Crippen molar-refractivity contribution >= 4 is 33.3 Å². The van der Waals surface area contributed by atoms with Gasteiger partial charge >= 0.3 is 6.01 Å². The maximum Gasteiger partial charge on any atom is 0.316 e. The maximum atomic E-state index is 13.6. The Morgan fingerprint density at radius 3 is 2.32 bits per heavy atom. The van der Waals surface area contributed by atoms with Crippen LogP contribution in [-0.4, -0.2) is 31.6 Å². The largest absolute Gasteiger partial charge is 0.467 e. The number of thiazole rings is 1. The van der Waals surface area contributed by atoms with Crippen LogP contribution < -0.4 is 10.3 Å². The molecule has 0 bridgehead atoms. The summed E-state index contributed by atoms with van der Waals surface area (Å²) in [6, 6.07) is 16.9. The van der Waals surface area contributed by atoms with Crippen molar-refractivity contribution in [1.29, 1.82) is 0 Å². The number of hydrogen-bond acceptors (Lipinski definition) is 7. The molecule has 0 aliphatic rings. The Kier molecular flexibility index (Phi) is 4.93. The number of methoxy groups -OCH3 is 1. The maximum absolute atomic E-state index is 13.6. The molecule has 3 aromatic heterocycles. The van der Waals surface area contributed by atoms with Crippen LogP contribution in [0.3, 0.4) is 0 Å². The third kappa shape index (κ3) is 3.56. The number of hydrogen-bond donors (Lipinski definition) is 0. The van der Waals surface area contributed by atoms with E-state index in [0.717, 1.165) is 5.56 Å². The van der Waals surface area contributed by atoms with Gasteiger partial charge < -0.3 is 4.74 Å². The van der Waals surface area contributed by atoms with Crippen LogP contribution in [0.5, 0.6) is 6.01 Å². The fourth-order valence-corrected chi connectivity index (χ4v) is 4.18. The number of ether oxygens (including phenoxy) is 1. The average molecular weight is 448 g/mol. The molecule has 152 valence electrons. The monoisotopic (exact) mass is 447 g/mol. The topological polar surface area (TPSA) is 82.8 Å². The summed E-state index contributed by atoms with van der Waals surface area (Å²) in [5.41, 5.74) is 2.33. The molecule has 3 heterocycles. The van der Waals surface area contributed by atoms with E-state index in [1.165, 1.54) is 18.4 Å². The number of rotatable bonds is 4. The van der Waals surface area contributed by atoms with Gasteiger partial charge in [0.1, 0.15) is 15.5 Å². The van der Waals surface area contributed by atoms with Gasteiger partial charge in [0, 0.05) is 28.5 Å². The Hall–Kier alpha value is -3.62. The van der Waals surface area contributed by atoms with Crippen LogP contribution in [0.2, 0.25) is 5.02 Å². The Labute approximate surface area is 185 Å². The Bertz CT molecular complexity index is 1430. The summed E-state index contributed by atoms with van der Waals surface area (Å²) in [5, 5.41) is 1.20. The van der Waals surface area contributed by atoms with Crippen molar-refractivity contribution in [1.82, 2.24) is 24.5 Å². The van der Waals surface area contributed by atoms with Crippen molar-refractivity contribution in [2.75, 3.05) is 7.11 Å². The highest BCUT2D eigenvalue weighted by molar-refractivity contribution is 7.21. The van der Waals surface area contributed by atoms with Crippen LogP contribution in [-0.2, 0) is 0 Å². The van der Waals surface area contributed by atoms with E-state index < -0.39 is 0 Å². The third-order valence-electron chi connectivity index (χ3n) is 4.60. The Morgan fingerprint density at radius 1 is 0.935 bits per heavy atom. The highest BCUT2D eigenvalue weighted by Crippen LogP contribution is 2.30. The standard InChI is InChI=1S/C22H14ClN5O2S/c1-30-22-24-11-14(12-25-22)20-27-18-17(31-20)21(29)28(16-9-7-15(23)8-10-16)19(26-18)13-5-3-2-4-6-13/h2-12H,1H3. The van der Waals surface area contributed by atoms with Crippen LogP contribution >= 0.6 is 22.9 Å². The SMILES string of the molecule is COc1ncc(-c2nc3nc(-c4ccccc4)n(-c4ccc(Cl)cc4)c(=O)c3s2)cn1. The molecule has 2 aromatic carbocycles. The van der Waals surface area contributed by atoms with E-state index in [9.17, 15) is 4.79 Å².